The van der Waals surface area contributed by atoms with Gasteiger partial charge in [-0.25, -0.2) is 4.90 Å². The maximum Gasteiger partial charge on any atom is 0.258 e. The molecule has 0 aliphatic carbocycles. The van der Waals surface area contributed by atoms with Crippen LogP contribution in [0, 0.1) is 0 Å². The standard InChI is InChI=1S/C9H6INO2/c12-8-4-5-9(13)11(8)7-3-1-2-6-10-7/h1-6H. The molecule has 0 aromatic carbocycles. The minimum absolute atomic E-state index is 0.223. The van der Waals surface area contributed by atoms with Crippen molar-refractivity contribution in [3.8, 4) is 0 Å². The summed E-state index contributed by atoms with van der Waals surface area (Å²) in [6.07, 6.45) is 8.24. The Bertz CT molecular complexity index is 372. The van der Waals surface area contributed by atoms with Crippen LogP contribution in [-0.2, 0) is 9.59 Å². The largest absolute Gasteiger partial charge is 0.269 e. The van der Waals surface area contributed by atoms with E-state index < -0.39 is 0 Å². The second kappa shape index (κ2) is 3.37. The molecule has 0 aromatic heterocycles. The van der Waals surface area contributed by atoms with Crippen molar-refractivity contribution >= 4 is 36.2 Å². The molecule has 66 valence electrons. The SMILES string of the molecule is O=C1C=CC(=O)N1C1=IC=CC=C1. The summed E-state index contributed by atoms with van der Waals surface area (Å²) in [7, 11) is 0. The van der Waals surface area contributed by atoms with Crippen molar-refractivity contribution < 1.29 is 9.59 Å². The van der Waals surface area contributed by atoms with Crippen molar-refractivity contribution in [2.45, 2.75) is 0 Å². The van der Waals surface area contributed by atoms with Gasteiger partial charge in [-0.05, 0) is 10.2 Å². The van der Waals surface area contributed by atoms with Crippen LogP contribution >= 0.6 is 20.7 Å². The molecule has 0 fully saturated rings. The predicted octanol–water partition coefficient (Wildman–Crippen LogP) is 1.10. The molecular formula is C9H6INO2. The molecular weight excluding hydrogens is 281 g/mol. The molecule has 0 N–H and O–H groups in total. The minimum Gasteiger partial charge on any atom is -0.269 e. The fourth-order valence-electron chi connectivity index (χ4n) is 1.05. The fourth-order valence-corrected chi connectivity index (χ4v) is 3.03. The Morgan fingerprint density at radius 1 is 1.00 bits per heavy atom. The number of hydrogen-bond donors (Lipinski definition) is 0. The van der Waals surface area contributed by atoms with Crippen molar-refractivity contribution in [2.75, 3.05) is 0 Å². The lowest BCUT2D eigenvalue weighted by molar-refractivity contribution is -0.131. The van der Waals surface area contributed by atoms with E-state index in [2.05, 4.69) is 0 Å². The number of hydrogen-bond acceptors (Lipinski definition) is 2. The van der Waals surface area contributed by atoms with Gasteiger partial charge >= 0.3 is 0 Å². The van der Waals surface area contributed by atoms with Gasteiger partial charge in [0.2, 0.25) is 0 Å². The number of carbonyl (C=O) groups is 2. The van der Waals surface area contributed by atoms with Gasteiger partial charge in [0, 0.05) is 12.2 Å². The quantitative estimate of drug-likeness (QED) is 0.535. The highest BCUT2D eigenvalue weighted by Gasteiger charge is 2.25. The van der Waals surface area contributed by atoms with Crippen LogP contribution in [0.15, 0.2) is 34.5 Å². The summed E-state index contributed by atoms with van der Waals surface area (Å²) in [5, 5.41) is 0. The lowest BCUT2D eigenvalue weighted by Gasteiger charge is -2.14. The molecule has 3 nitrogen and oxygen atoms in total. The van der Waals surface area contributed by atoms with Gasteiger partial charge in [-0.1, -0.05) is 32.9 Å². The van der Waals surface area contributed by atoms with Crippen LogP contribution in [0.2, 0.25) is 0 Å². The smallest absolute Gasteiger partial charge is 0.258 e. The van der Waals surface area contributed by atoms with Crippen LogP contribution in [0.25, 0.3) is 0 Å². The summed E-state index contributed by atoms with van der Waals surface area (Å²) in [6.45, 7) is 0. The van der Waals surface area contributed by atoms with Gasteiger partial charge in [0.25, 0.3) is 11.8 Å². The van der Waals surface area contributed by atoms with Gasteiger partial charge in [-0.3, -0.25) is 9.59 Å². The van der Waals surface area contributed by atoms with Gasteiger partial charge < -0.3 is 0 Å². The van der Waals surface area contributed by atoms with Gasteiger partial charge in [-0.2, -0.15) is 0 Å². The minimum atomic E-state index is -0.325. The number of amides is 2. The number of nitrogens with zero attached hydrogens (tertiary/aromatic N) is 1. The average molecular weight is 287 g/mol. The van der Waals surface area contributed by atoms with Crippen LogP contribution in [-0.4, -0.2) is 20.3 Å². The van der Waals surface area contributed by atoms with Gasteiger partial charge in [-0.15, -0.1) is 0 Å². The molecule has 4 heteroatoms. The third-order valence-corrected chi connectivity index (χ3v) is 3.87. The number of carbonyl (C=O) groups excluding carboxylic acids is 2. The van der Waals surface area contributed by atoms with E-state index in [1.165, 1.54) is 17.1 Å². The monoisotopic (exact) mass is 287 g/mol. The number of halogens is 1. The van der Waals surface area contributed by atoms with Crippen molar-refractivity contribution in [1.29, 1.82) is 0 Å². The Hall–Kier alpha value is -1.04. The molecule has 2 aliphatic heterocycles. The average Bonchev–Trinajstić information content (AvgIpc) is 2.48. The highest BCUT2D eigenvalue weighted by Crippen LogP contribution is 2.16. The Labute approximate surface area is 85.2 Å². The molecule has 0 saturated carbocycles. The van der Waals surface area contributed by atoms with Crippen LogP contribution in [0.1, 0.15) is 0 Å². The highest BCUT2D eigenvalue weighted by atomic mass is 127. The van der Waals surface area contributed by atoms with Crippen LogP contribution < -0.4 is 0 Å². The van der Waals surface area contributed by atoms with E-state index in [0.29, 0.717) is 0 Å². The molecule has 0 atom stereocenters. The maximum atomic E-state index is 11.2. The zero-order valence-electron chi connectivity index (χ0n) is 6.61. The summed E-state index contributed by atoms with van der Waals surface area (Å²) < 4.78 is 2.87. The second-order valence-electron chi connectivity index (χ2n) is 2.45. The van der Waals surface area contributed by atoms with Crippen molar-refractivity contribution in [2.24, 2.45) is 0 Å². The second-order valence-corrected chi connectivity index (χ2v) is 4.90. The van der Waals surface area contributed by atoms with E-state index in [1.54, 1.807) is 0 Å². The van der Waals surface area contributed by atoms with E-state index in [0.717, 1.165) is 3.63 Å². The van der Waals surface area contributed by atoms with Crippen molar-refractivity contribution in [3.05, 3.63) is 34.5 Å². The van der Waals surface area contributed by atoms with Crippen molar-refractivity contribution in [3.63, 3.8) is 0 Å². The molecule has 2 amide bonds. The van der Waals surface area contributed by atoms with Crippen LogP contribution in [0.3, 0.4) is 0 Å². The van der Waals surface area contributed by atoms with Crippen LogP contribution in [0.5, 0.6) is 0 Å². The first-order valence-corrected chi connectivity index (χ1v) is 6.01. The van der Waals surface area contributed by atoms with E-state index in [-0.39, 0.29) is 32.5 Å². The first kappa shape index (κ1) is 8.55. The fraction of sp³-hybridized carbons (Fsp3) is 0. The molecule has 0 spiro atoms. The van der Waals surface area contributed by atoms with E-state index in [9.17, 15) is 9.59 Å². The highest BCUT2D eigenvalue weighted by molar-refractivity contribution is 14.2. The Morgan fingerprint density at radius 3 is 2.23 bits per heavy atom. The number of imide groups is 1. The molecule has 2 aliphatic rings. The van der Waals surface area contributed by atoms with Gasteiger partial charge in [0.15, 0.2) is 0 Å². The summed E-state index contributed by atoms with van der Waals surface area (Å²) in [6, 6.07) is 0. The summed E-state index contributed by atoms with van der Waals surface area (Å²) >= 11 is -0.325. The Balaban J connectivity index is 2.32. The summed E-state index contributed by atoms with van der Waals surface area (Å²) in [4.78, 5) is 23.7. The van der Waals surface area contributed by atoms with Gasteiger partial charge in [0.1, 0.15) is 0 Å². The molecule has 13 heavy (non-hydrogen) atoms. The molecule has 2 rings (SSSR count). The lowest BCUT2D eigenvalue weighted by Crippen LogP contribution is -2.34. The van der Waals surface area contributed by atoms with E-state index in [4.69, 9.17) is 0 Å². The third-order valence-electron chi connectivity index (χ3n) is 1.62. The first-order valence-electron chi connectivity index (χ1n) is 3.69. The van der Waals surface area contributed by atoms with Crippen molar-refractivity contribution in [1.82, 2.24) is 4.90 Å². The van der Waals surface area contributed by atoms with Crippen LogP contribution in [0.4, 0.5) is 0 Å². The molecule has 0 bridgehead atoms. The zero-order valence-corrected chi connectivity index (χ0v) is 8.76. The molecule has 0 aromatic rings. The molecule has 0 radical (unpaired) electrons. The zero-order chi connectivity index (χ0) is 9.26. The molecule has 0 saturated heterocycles. The first-order chi connectivity index (χ1) is 6.29. The normalized spacial score (nSPS) is 20.6. The summed E-state index contributed by atoms with van der Waals surface area (Å²) in [5.74, 6) is -0.445. The topological polar surface area (TPSA) is 37.4 Å². The number of allylic oxidation sites excluding steroid dienone is 2. The Kier molecular flexibility index (Phi) is 2.22. The van der Waals surface area contributed by atoms with E-state index >= 15 is 0 Å². The maximum absolute atomic E-state index is 11.2. The van der Waals surface area contributed by atoms with Gasteiger partial charge in [0.05, 0.1) is 3.63 Å². The summed E-state index contributed by atoms with van der Waals surface area (Å²) in [5.41, 5.74) is 0. The Morgan fingerprint density at radius 2 is 1.69 bits per heavy atom. The number of rotatable bonds is 1. The molecule has 0 unspecified atom stereocenters. The van der Waals surface area contributed by atoms with E-state index in [1.807, 2.05) is 22.3 Å². The molecule has 2 heterocycles. The predicted molar refractivity (Wildman–Crippen MR) is 58.3 cm³/mol. The lowest BCUT2D eigenvalue weighted by atomic mass is 10.4. The third kappa shape index (κ3) is 1.53.